The summed E-state index contributed by atoms with van der Waals surface area (Å²) in [6.45, 7) is 1.93. The number of anilines is 2. The van der Waals surface area contributed by atoms with E-state index in [2.05, 4.69) is 15.3 Å². The van der Waals surface area contributed by atoms with Gasteiger partial charge in [0, 0.05) is 16.8 Å². The van der Waals surface area contributed by atoms with Gasteiger partial charge in [-0.3, -0.25) is 4.99 Å². The number of hydrogen-bond donors (Lipinski definition) is 2. The normalized spacial score (nSPS) is 14.5. The minimum atomic E-state index is -0.371. The number of allylic oxidation sites excluding steroid dienone is 1. The van der Waals surface area contributed by atoms with Gasteiger partial charge in [0.25, 0.3) is 0 Å². The van der Waals surface area contributed by atoms with Crippen LogP contribution in [-0.2, 0) is 0 Å². The summed E-state index contributed by atoms with van der Waals surface area (Å²) in [5.74, 6) is -0.460. The highest BCUT2D eigenvalue weighted by Gasteiger charge is 2.19. The number of para-hydroxylation sites is 2. The molecule has 1 aromatic heterocycles. The number of aliphatic imine (C=N–C) groups is 1. The molecule has 2 heterocycles. The van der Waals surface area contributed by atoms with Crippen LogP contribution in [0.1, 0.15) is 17.4 Å². The molecule has 0 aliphatic carbocycles. The fraction of sp³-hybridized carbons (Fsp3) is 0.0526. The maximum absolute atomic E-state index is 13.8. The van der Waals surface area contributed by atoms with Gasteiger partial charge in [-0.1, -0.05) is 41.7 Å². The van der Waals surface area contributed by atoms with Crippen molar-refractivity contribution >= 4 is 45.2 Å². The van der Waals surface area contributed by atoms with Gasteiger partial charge in [-0.25, -0.2) is 4.39 Å². The van der Waals surface area contributed by atoms with Crippen LogP contribution in [0.2, 0.25) is 0 Å². The van der Waals surface area contributed by atoms with E-state index in [-0.39, 0.29) is 11.7 Å². The van der Waals surface area contributed by atoms with Gasteiger partial charge in [-0.2, -0.15) is 4.98 Å². The molecule has 0 amide bonds. The number of halogens is 1. The Morgan fingerprint density at radius 3 is 2.72 bits per heavy atom. The predicted octanol–water partition coefficient (Wildman–Crippen LogP) is 5.38. The molecule has 0 saturated carbocycles. The lowest BCUT2D eigenvalue weighted by Crippen LogP contribution is -1.91. The summed E-state index contributed by atoms with van der Waals surface area (Å²) in [4.78, 5) is 9.21. The first-order valence-corrected chi connectivity index (χ1v) is 8.51. The number of fused-ring (bicyclic) bond motifs is 1. The number of aromatic nitrogens is 1. The molecule has 1 aliphatic rings. The molecule has 6 heteroatoms. The number of nitrogens with zero attached hydrogens (tertiary/aromatic N) is 2. The van der Waals surface area contributed by atoms with Crippen LogP contribution >= 0.6 is 11.3 Å². The molecular formula is C19H14FN3OS. The van der Waals surface area contributed by atoms with Gasteiger partial charge in [0.05, 0.1) is 16.3 Å². The van der Waals surface area contributed by atoms with Crippen molar-refractivity contribution in [2.75, 3.05) is 5.32 Å². The van der Waals surface area contributed by atoms with E-state index in [1.165, 1.54) is 17.4 Å². The SMILES string of the molecule is CC1=Nc2ccccc2C1=Cc1sc(Nc2ccccc2F)nc1O. The molecule has 0 fully saturated rings. The van der Waals surface area contributed by atoms with Crippen molar-refractivity contribution in [3.05, 3.63) is 64.8 Å². The molecule has 0 bridgehead atoms. The number of hydrogen-bond acceptors (Lipinski definition) is 5. The number of nitrogens with one attached hydrogen (secondary N) is 1. The number of thiazole rings is 1. The van der Waals surface area contributed by atoms with E-state index in [0.29, 0.717) is 15.7 Å². The molecule has 124 valence electrons. The highest BCUT2D eigenvalue weighted by Crippen LogP contribution is 2.39. The monoisotopic (exact) mass is 351 g/mol. The molecule has 4 nitrogen and oxygen atoms in total. The topological polar surface area (TPSA) is 57.5 Å². The largest absolute Gasteiger partial charge is 0.492 e. The summed E-state index contributed by atoms with van der Waals surface area (Å²) < 4.78 is 13.8. The van der Waals surface area contributed by atoms with Gasteiger partial charge < -0.3 is 10.4 Å². The lowest BCUT2D eigenvalue weighted by atomic mass is 10.0. The van der Waals surface area contributed by atoms with Gasteiger partial charge >= 0.3 is 0 Å². The van der Waals surface area contributed by atoms with Gasteiger partial charge in [0.2, 0.25) is 5.88 Å². The van der Waals surface area contributed by atoms with E-state index in [4.69, 9.17) is 0 Å². The smallest absolute Gasteiger partial charge is 0.231 e. The molecule has 0 saturated heterocycles. The van der Waals surface area contributed by atoms with Crippen LogP contribution < -0.4 is 5.32 Å². The van der Waals surface area contributed by atoms with Gasteiger partial charge in [0.15, 0.2) is 5.13 Å². The summed E-state index contributed by atoms with van der Waals surface area (Å²) >= 11 is 1.26. The predicted molar refractivity (Wildman–Crippen MR) is 101 cm³/mol. The van der Waals surface area contributed by atoms with E-state index in [1.807, 2.05) is 37.3 Å². The summed E-state index contributed by atoms with van der Waals surface area (Å²) in [5.41, 5.74) is 4.10. The Kier molecular flexibility index (Phi) is 3.82. The second-order valence-electron chi connectivity index (χ2n) is 5.58. The molecular weight excluding hydrogens is 337 g/mol. The third-order valence-electron chi connectivity index (χ3n) is 3.90. The zero-order valence-corrected chi connectivity index (χ0v) is 14.1. The molecule has 0 spiro atoms. The van der Waals surface area contributed by atoms with Crippen LogP contribution in [0.4, 0.5) is 20.9 Å². The van der Waals surface area contributed by atoms with E-state index in [9.17, 15) is 9.50 Å². The second kappa shape index (κ2) is 6.14. The van der Waals surface area contributed by atoms with Crippen molar-refractivity contribution < 1.29 is 9.50 Å². The molecule has 0 radical (unpaired) electrons. The highest BCUT2D eigenvalue weighted by atomic mass is 32.1. The summed E-state index contributed by atoms with van der Waals surface area (Å²) in [7, 11) is 0. The first-order valence-electron chi connectivity index (χ1n) is 7.70. The molecule has 2 N–H and O–H groups in total. The second-order valence-corrected chi connectivity index (χ2v) is 6.61. The first-order chi connectivity index (χ1) is 12.1. The van der Waals surface area contributed by atoms with Crippen molar-refractivity contribution in [2.24, 2.45) is 4.99 Å². The minimum absolute atomic E-state index is 0.0893. The lowest BCUT2D eigenvalue weighted by Gasteiger charge is -2.02. The van der Waals surface area contributed by atoms with Crippen LogP contribution in [0.3, 0.4) is 0 Å². The average molecular weight is 351 g/mol. The first kappa shape index (κ1) is 15.5. The van der Waals surface area contributed by atoms with Crippen molar-refractivity contribution in [3.63, 3.8) is 0 Å². The van der Waals surface area contributed by atoms with Crippen molar-refractivity contribution in [2.45, 2.75) is 6.92 Å². The third-order valence-corrected chi connectivity index (χ3v) is 4.80. The molecule has 0 unspecified atom stereocenters. The quantitative estimate of drug-likeness (QED) is 0.666. The maximum Gasteiger partial charge on any atom is 0.231 e. The Morgan fingerprint density at radius 1 is 1.12 bits per heavy atom. The van der Waals surface area contributed by atoms with Crippen LogP contribution in [-0.4, -0.2) is 15.8 Å². The lowest BCUT2D eigenvalue weighted by molar-refractivity contribution is 0.457. The zero-order valence-electron chi connectivity index (χ0n) is 13.3. The number of aromatic hydroxyl groups is 1. The molecule has 25 heavy (non-hydrogen) atoms. The fourth-order valence-electron chi connectivity index (χ4n) is 2.70. The molecule has 2 aromatic carbocycles. The van der Waals surface area contributed by atoms with E-state index < -0.39 is 0 Å². The standard InChI is InChI=1S/C19H14FN3OS/c1-11-13(12-6-2-4-8-15(12)21-11)10-17-18(24)23-19(25-17)22-16-9-5-3-7-14(16)20/h2-10,24H,1H3,(H,22,23). The summed E-state index contributed by atoms with van der Waals surface area (Å²) in [5, 5.41) is 13.5. The Labute approximate surface area is 148 Å². The Balaban J connectivity index is 1.68. The van der Waals surface area contributed by atoms with Gasteiger partial charge in [-0.15, -0.1) is 0 Å². The van der Waals surface area contributed by atoms with Crippen LogP contribution in [0.15, 0.2) is 53.5 Å². The fourth-order valence-corrected chi connectivity index (χ4v) is 3.51. The highest BCUT2D eigenvalue weighted by molar-refractivity contribution is 7.16. The van der Waals surface area contributed by atoms with E-state index >= 15 is 0 Å². The Bertz CT molecular complexity index is 1020. The van der Waals surface area contributed by atoms with Gasteiger partial charge in [-0.05, 0) is 31.2 Å². The van der Waals surface area contributed by atoms with Crippen molar-refractivity contribution in [3.8, 4) is 5.88 Å². The van der Waals surface area contributed by atoms with Crippen molar-refractivity contribution in [1.82, 2.24) is 4.98 Å². The molecule has 4 rings (SSSR count). The van der Waals surface area contributed by atoms with Crippen LogP contribution in [0, 0.1) is 5.82 Å². The van der Waals surface area contributed by atoms with Crippen molar-refractivity contribution in [1.29, 1.82) is 0 Å². The summed E-state index contributed by atoms with van der Waals surface area (Å²) in [6, 6.07) is 14.2. The van der Waals surface area contributed by atoms with Gasteiger partial charge in [0.1, 0.15) is 5.82 Å². The summed E-state index contributed by atoms with van der Waals surface area (Å²) in [6.07, 6.45) is 1.87. The van der Waals surface area contributed by atoms with Crippen LogP contribution in [0.5, 0.6) is 5.88 Å². The number of benzene rings is 2. The molecule has 3 aromatic rings. The third kappa shape index (κ3) is 2.92. The Morgan fingerprint density at radius 2 is 1.88 bits per heavy atom. The molecule has 0 atom stereocenters. The number of rotatable bonds is 3. The molecule has 1 aliphatic heterocycles. The average Bonchev–Trinajstić information content (AvgIpc) is 3.10. The Hall–Kier alpha value is -2.99. The maximum atomic E-state index is 13.8. The van der Waals surface area contributed by atoms with E-state index in [0.717, 1.165) is 22.5 Å². The van der Waals surface area contributed by atoms with E-state index in [1.54, 1.807) is 18.2 Å². The zero-order chi connectivity index (χ0) is 17.4. The van der Waals surface area contributed by atoms with Crippen LogP contribution in [0.25, 0.3) is 11.6 Å². The minimum Gasteiger partial charge on any atom is -0.492 e.